The van der Waals surface area contributed by atoms with Crippen LogP contribution < -0.4 is 0 Å². The van der Waals surface area contributed by atoms with Crippen molar-refractivity contribution in [2.45, 2.75) is 56.8 Å². The molecule has 2 heterocycles. The summed E-state index contributed by atoms with van der Waals surface area (Å²) in [5.41, 5.74) is -0.626. The van der Waals surface area contributed by atoms with Crippen molar-refractivity contribution in [3.63, 3.8) is 0 Å². The molecule has 0 spiro atoms. The van der Waals surface area contributed by atoms with E-state index in [9.17, 15) is 10.4 Å². The molecule has 3 heteroatoms. The van der Waals surface area contributed by atoms with Gasteiger partial charge in [-0.05, 0) is 44.4 Å². The topological polar surface area (TPSA) is 53.2 Å². The number of hydrogen-bond donors (Lipinski definition) is 1. The minimum absolute atomic E-state index is 0.0293. The van der Waals surface area contributed by atoms with E-state index in [0.29, 0.717) is 0 Å². The van der Waals surface area contributed by atoms with Gasteiger partial charge in [0.15, 0.2) is 0 Å². The molecule has 5 unspecified atom stereocenters. The second-order valence-electron chi connectivity index (χ2n) is 5.67. The van der Waals surface area contributed by atoms with Crippen molar-refractivity contribution in [1.29, 1.82) is 5.26 Å². The highest BCUT2D eigenvalue weighted by Gasteiger charge is 2.58. The third kappa shape index (κ3) is 1.63. The maximum Gasteiger partial charge on any atom is 0.112 e. The van der Waals surface area contributed by atoms with E-state index in [-0.39, 0.29) is 18.1 Å². The monoisotopic (exact) mass is 233 g/mol. The minimum atomic E-state index is -0.626. The van der Waals surface area contributed by atoms with Crippen molar-refractivity contribution in [3.8, 4) is 6.07 Å². The van der Waals surface area contributed by atoms with Gasteiger partial charge in [-0.3, -0.25) is 0 Å². The van der Waals surface area contributed by atoms with Crippen molar-refractivity contribution in [2.75, 3.05) is 0 Å². The predicted octanol–water partition coefficient (Wildman–Crippen LogP) is 2.16. The quantitative estimate of drug-likeness (QED) is 0.744. The molecule has 2 saturated heterocycles. The summed E-state index contributed by atoms with van der Waals surface area (Å²) in [5, 5.41) is 20.1. The van der Waals surface area contributed by atoms with E-state index in [1.54, 1.807) is 0 Å². The largest absolute Gasteiger partial charge is 0.391 e. The fraction of sp³-hybridized carbons (Fsp3) is 0.786. The zero-order valence-electron chi connectivity index (χ0n) is 10.0. The molecule has 0 aromatic rings. The van der Waals surface area contributed by atoms with Crippen molar-refractivity contribution < 1.29 is 9.84 Å². The molecule has 92 valence electrons. The molecule has 5 atom stereocenters. The van der Waals surface area contributed by atoms with E-state index in [1.807, 2.05) is 0 Å². The van der Waals surface area contributed by atoms with Crippen LogP contribution in [0, 0.1) is 22.7 Å². The summed E-state index contributed by atoms with van der Waals surface area (Å²) in [7, 11) is 0. The molecule has 2 bridgehead atoms. The van der Waals surface area contributed by atoms with E-state index in [0.717, 1.165) is 38.5 Å². The van der Waals surface area contributed by atoms with Crippen LogP contribution in [0.3, 0.4) is 0 Å². The van der Waals surface area contributed by atoms with Crippen molar-refractivity contribution in [3.05, 3.63) is 12.2 Å². The first-order chi connectivity index (χ1) is 8.26. The Balaban J connectivity index is 1.81. The van der Waals surface area contributed by atoms with E-state index < -0.39 is 11.5 Å². The van der Waals surface area contributed by atoms with Gasteiger partial charge in [0.2, 0.25) is 0 Å². The lowest BCUT2D eigenvalue weighted by atomic mass is 9.66. The number of aliphatic hydroxyl groups is 1. The number of fused-ring (bicyclic) bond motifs is 2. The van der Waals surface area contributed by atoms with Crippen LogP contribution in [0.25, 0.3) is 0 Å². The van der Waals surface area contributed by atoms with Crippen LogP contribution in [-0.4, -0.2) is 23.4 Å². The summed E-state index contributed by atoms with van der Waals surface area (Å²) in [6, 6.07) is 2.41. The number of hydrogen-bond acceptors (Lipinski definition) is 3. The highest BCUT2D eigenvalue weighted by Crippen LogP contribution is 2.51. The van der Waals surface area contributed by atoms with Crippen LogP contribution in [0.5, 0.6) is 0 Å². The predicted molar refractivity (Wildman–Crippen MR) is 63.0 cm³/mol. The van der Waals surface area contributed by atoms with Crippen LogP contribution in [0.2, 0.25) is 0 Å². The summed E-state index contributed by atoms with van der Waals surface area (Å²) >= 11 is 0. The Labute approximate surface area is 102 Å². The summed E-state index contributed by atoms with van der Waals surface area (Å²) in [4.78, 5) is 0. The Kier molecular flexibility index (Phi) is 2.72. The highest BCUT2D eigenvalue weighted by atomic mass is 16.5. The Hall–Kier alpha value is -0.850. The molecule has 3 aliphatic rings. The first kappa shape index (κ1) is 11.3. The third-order valence-corrected chi connectivity index (χ3v) is 4.74. The Morgan fingerprint density at radius 1 is 1.35 bits per heavy atom. The highest BCUT2D eigenvalue weighted by molar-refractivity contribution is 5.17. The van der Waals surface area contributed by atoms with Gasteiger partial charge in [0, 0.05) is 0 Å². The molecule has 0 radical (unpaired) electrons. The molecule has 1 N–H and O–H groups in total. The maximum atomic E-state index is 10.6. The number of nitriles is 1. The standard InChI is InChI=1S/C14H19NO2/c15-9-14(8-11-6-7-12(14)17-11)13(16)10-4-2-1-3-5-10/h1-2,10-13,16H,3-8H2. The van der Waals surface area contributed by atoms with E-state index in [2.05, 4.69) is 18.2 Å². The second-order valence-corrected chi connectivity index (χ2v) is 5.67. The van der Waals surface area contributed by atoms with Crippen LogP contribution in [0.4, 0.5) is 0 Å². The van der Waals surface area contributed by atoms with Gasteiger partial charge in [0.1, 0.15) is 5.41 Å². The summed E-state index contributed by atoms with van der Waals surface area (Å²) in [6.45, 7) is 0. The first-order valence-corrected chi connectivity index (χ1v) is 6.66. The normalized spacial score (nSPS) is 45.8. The SMILES string of the molecule is N#CC1(C(O)C2CC=CCC2)CC2CCC1O2. The summed E-state index contributed by atoms with van der Waals surface area (Å²) < 4.78 is 5.79. The minimum Gasteiger partial charge on any atom is -0.391 e. The fourth-order valence-corrected chi connectivity index (χ4v) is 3.76. The van der Waals surface area contributed by atoms with E-state index >= 15 is 0 Å². The van der Waals surface area contributed by atoms with Crippen LogP contribution >= 0.6 is 0 Å². The smallest absolute Gasteiger partial charge is 0.112 e. The first-order valence-electron chi connectivity index (χ1n) is 6.66. The molecule has 2 fully saturated rings. The van der Waals surface area contributed by atoms with Crippen molar-refractivity contribution in [2.24, 2.45) is 11.3 Å². The zero-order valence-corrected chi connectivity index (χ0v) is 10.0. The Bertz CT molecular complexity index is 373. The van der Waals surface area contributed by atoms with Crippen molar-refractivity contribution in [1.82, 2.24) is 0 Å². The van der Waals surface area contributed by atoms with Gasteiger partial charge >= 0.3 is 0 Å². The third-order valence-electron chi connectivity index (χ3n) is 4.74. The molecule has 0 amide bonds. The Morgan fingerprint density at radius 2 is 2.24 bits per heavy atom. The van der Waals surface area contributed by atoms with Crippen LogP contribution in [0.15, 0.2) is 12.2 Å². The molecule has 17 heavy (non-hydrogen) atoms. The molecule has 0 aromatic heterocycles. The van der Waals surface area contributed by atoms with Gasteiger partial charge in [-0.2, -0.15) is 5.26 Å². The van der Waals surface area contributed by atoms with Gasteiger partial charge < -0.3 is 9.84 Å². The number of ether oxygens (including phenoxy) is 1. The Morgan fingerprint density at radius 3 is 2.76 bits per heavy atom. The van der Waals surface area contributed by atoms with Crippen LogP contribution in [0.1, 0.15) is 38.5 Å². The van der Waals surface area contributed by atoms with Gasteiger partial charge in [-0.1, -0.05) is 12.2 Å². The molecule has 1 aliphatic carbocycles. The van der Waals surface area contributed by atoms with E-state index in [1.165, 1.54) is 0 Å². The number of allylic oxidation sites excluding steroid dienone is 2. The van der Waals surface area contributed by atoms with Gasteiger partial charge in [-0.15, -0.1) is 0 Å². The van der Waals surface area contributed by atoms with Gasteiger partial charge in [0.25, 0.3) is 0 Å². The number of nitrogens with zero attached hydrogens (tertiary/aromatic N) is 1. The fourth-order valence-electron chi connectivity index (χ4n) is 3.76. The second kappa shape index (κ2) is 4.12. The van der Waals surface area contributed by atoms with Crippen molar-refractivity contribution >= 4 is 0 Å². The molecule has 3 nitrogen and oxygen atoms in total. The summed E-state index contributed by atoms with van der Waals surface area (Å²) in [6.07, 6.45) is 9.63. The number of rotatable bonds is 2. The molecular formula is C14H19NO2. The number of aliphatic hydroxyl groups excluding tert-OH is 1. The van der Waals surface area contributed by atoms with Gasteiger partial charge in [0.05, 0.1) is 24.4 Å². The van der Waals surface area contributed by atoms with E-state index in [4.69, 9.17) is 4.74 Å². The average molecular weight is 233 g/mol. The lowest BCUT2D eigenvalue weighted by Crippen LogP contribution is -2.46. The molecule has 0 saturated carbocycles. The summed E-state index contributed by atoms with van der Waals surface area (Å²) in [5.74, 6) is 0.239. The van der Waals surface area contributed by atoms with Crippen LogP contribution in [-0.2, 0) is 4.74 Å². The molecular weight excluding hydrogens is 214 g/mol. The lowest BCUT2D eigenvalue weighted by molar-refractivity contribution is -0.0300. The zero-order chi connectivity index (χ0) is 11.9. The molecule has 0 aromatic carbocycles. The molecule has 2 aliphatic heterocycles. The lowest BCUT2D eigenvalue weighted by Gasteiger charge is -2.38. The van der Waals surface area contributed by atoms with Gasteiger partial charge in [-0.25, -0.2) is 0 Å². The maximum absolute atomic E-state index is 10.6. The molecule has 3 rings (SSSR count). The average Bonchev–Trinajstić information content (AvgIpc) is 2.99.